The topological polar surface area (TPSA) is 100 Å². The molecule has 0 spiro atoms. The highest BCUT2D eigenvalue weighted by Crippen LogP contribution is 2.29. The van der Waals surface area contributed by atoms with Crippen LogP contribution in [0.1, 0.15) is 46.2 Å². The summed E-state index contributed by atoms with van der Waals surface area (Å²) in [6.45, 7) is 5.63. The van der Waals surface area contributed by atoms with Crippen molar-refractivity contribution in [2.24, 2.45) is 0 Å². The fraction of sp³-hybridized carbons (Fsp3) is 0.375. The van der Waals surface area contributed by atoms with E-state index in [0.29, 0.717) is 37.6 Å². The van der Waals surface area contributed by atoms with Gasteiger partial charge in [-0.25, -0.2) is 9.97 Å². The molecule has 1 atom stereocenters. The Bertz CT molecular complexity index is 1140. The van der Waals surface area contributed by atoms with Crippen LogP contribution in [0.2, 0.25) is 0 Å². The minimum atomic E-state index is -0.129. The number of para-hydroxylation sites is 1. The molecular formula is C24H28N6O2. The fourth-order valence-electron chi connectivity index (χ4n) is 4.20. The van der Waals surface area contributed by atoms with E-state index in [1.807, 2.05) is 55.1 Å². The predicted octanol–water partition coefficient (Wildman–Crippen LogP) is 2.82. The molecular weight excluding hydrogens is 404 g/mol. The maximum Gasteiger partial charge on any atom is 0.251 e. The number of fused-ring (bicyclic) bond motifs is 1. The lowest BCUT2D eigenvalue weighted by molar-refractivity contribution is -0.129. The molecule has 166 valence electrons. The number of nitrogens with zero attached hydrogens (tertiary/aromatic N) is 4. The number of hydrogen-bond donors (Lipinski definition) is 2. The van der Waals surface area contributed by atoms with Crippen molar-refractivity contribution in [3.8, 4) is 0 Å². The second kappa shape index (κ2) is 9.30. The van der Waals surface area contributed by atoms with Crippen molar-refractivity contribution in [1.29, 1.82) is 0 Å². The number of benzene rings is 1. The highest BCUT2D eigenvalue weighted by molar-refractivity contribution is 6.06. The molecule has 0 radical (unpaired) electrons. The van der Waals surface area contributed by atoms with Gasteiger partial charge < -0.3 is 15.5 Å². The average Bonchev–Trinajstić information content (AvgIpc) is 3.27. The Morgan fingerprint density at radius 3 is 2.59 bits per heavy atom. The Hall–Kier alpha value is -3.55. The highest BCUT2D eigenvalue weighted by atomic mass is 16.2. The molecule has 1 aliphatic heterocycles. The van der Waals surface area contributed by atoms with Crippen LogP contribution < -0.4 is 10.6 Å². The van der Waals surface area contributed by atoms with E-state index in [1.165, 1.54) is 0 Å². The van der Waals surface area contributed by atoms with Gasteiger partial charge >= 0.3 is 0 Å². The second-order valence-corrected chi connectivity index (χ2v) is 8.17. The molecule has 2 N–H and O–H groups in total. The van der Waals surface area contributed by atoms with Crippen LogP contribution in [-0.2, 0) is 4.79 Å². The Morgan fingerprint density at radius 2 is 1.84 bits per heavy atom. The maximum atomic E-state index is 12.7. The molecule has 32 heavy (non-hydrogen) atoms. The van der Waals surface area contributed by atoms with Crippen LogP contribution in [0.5, 0.6) is 0 Å². The molecule has 0 unspecified atom stereocenters. The molecule has 0 saturated carbocycles. The van der Waals surface area contributed by atoms with Crippen molar-refractivity contribution in [3.05, 3.63) is 59.0 Å². The van der Waals surface area contributed by atoms with Gasteiger partial charge in [-0.3, -0.25) is 14.6 Å². The van der Waals surface area contributed by atoms with E-state index in [4.69, 9.17) is 4.98 Å². The van der Waals surface area contributed by atoms with E-state index in [0.717, 1.165) is 34.4 Å². The number of aromatic nitrogens is 3. The van der Waals surface area contributed by atoms with Gasteiger partial charge in [-0.15, -0.1) is 0 Å². The lowest BCUT2D eigenvalue weighted by Crippen LogP contribution is -2.30. The smallest absolute Gasteiger partial charge is 0.251 e. The molecule has 8 nitrogen and oxygen atoms in total. The van der Waals surface area contributed by atoms with Crippen molar-refractivity contribution in [1.82, 2.24) is 25.2 Å². The summed E-state index contributed by atoms with van der Waals surface area (Å²) in [5.41, 5.74) is 4.07. The van der Waals surface area contributed by atoms with Crippen LogP contribution in [0.4, 0.5) is 5.95 Å². The zero-order chi connectivity index (χ0) is 22.7. The molecule has 2 amide bonds. The second-order valence-electron chi connectivity index (χ2n) is 8.17. The first kappa shape index (κ1) is 21.7. The minimum absolute atomic E-state index is 0.0942. The SMILES string of the molecule is CNC(=O)c1cc([C@H]2CCN(C(=O)CCNc3nc(C)cc(C)n3)C2)nc2ccccc12. The Balaban J connectivity index is 1.41. The van der Waals surface area contributed by atoms with Crippen LogP contribution in [-0.4, -0.2) is 58.3 Å². The summed E-state index contributed by atoms with van der Waals surface area (Å²) in [5.74, 6) is 0.631. The van der Waals surface area contributed by atoms with Gasteiger partial charge in [-0.05, 0) is 38.5 Å². The number of likely N-dealkylation sites (tertiary alicyclic amines) is 1. The lowest BCUT2D eigenvalue weighted by atomic mass is 9.99. The number of anilines is 1. The van der Waals surface area contributed by atoms with Crippen LogP contribution in [0, 0.1) is 13.8 Å². The molecule has 1 fully saturated rings. The summed E-state index contributed by atoms with van der Waals surface area (Å²) in [5, 5.41) is 6.69. The molecule has 4 rings (SSSR count). The summed E-state index contributed by atoms with van der Waals surface area (Å²) in [4.78, 5) is 40.5. The first-order valence-electron chi connectivity index (χ1n) is 10.9. The van der Waals surface area contributed by atoms with Gasteiger partial charge in [-0.2, -0.15) is 0 Å². The largest absolute Gasteiger partial charge is 0.355 e. The van der Waals surface area contributed by atoms with Gasteiger partial charge in [0.1, 0.15) is 0 Å². The Kier molecular flexibility index (Phi) is 6.30. The lowest BCUT2D eigenvalue weighted by Gasteiger charge is -2.17. The van der Waals surface area contributed by atoms with Gasteiger partial charge in [0.15, 0.2) is 0 Å². The van der Waals surface area contributed by atoms with Gasteiger partial charge in [0.05, 0.1) is 11.1 Å². The van der Waals surface area contributed by atoms with Crippen molar-refractivity contribution in [2.45, 2.75) is 32.6 Å². The van der Waals surface area contributed by atoms with Crippen molar-refractivity contribution < 1.29 is 9.59 Å². The number of pyridine rings is 1. The number of aryl methyl sites for hydroxylation is 2. The number of rotatable bonds is 6. The van der Waals surface area contributed by atoms with Gasteiger partial charge in [0.25, 0.3) is 5.91 Å². The number of carbonyl (C=O) groups is 2. The Labute approximate surface area is 187 Å². The normalized spacial score (nSPS) is 15.7. The Morgan fingerprint density at radius 1 is 1.09 bits per heavy atom. The molecule has 1 aromatic carbocycles. The minimum Gasteiger partial charge on any atom is -0.355 e. The van der Waals surface area contributed by atoms with Crippen LogP contribution in [0.25, 0.3) is 10.9 Å². The zero-order valence-corrected chi connectivity index (χ0v) is 18.7. The van der Waals surface area contributed by atoms with Gasteiger partial charge in [-0.1, -0.05) is 18.2 Å². The van der Waals surface area contributed by atoms with Crippen LogP contribution in [0.3, 0.4) is 0 Å². The van der Waals surface area contributed by atoms with E-state index in [-0.39, 0.29) is 17.7 Å². The fourth-order valence-corrected chi connectivity index (χ4v) is 4.20. The van der Waals surface area contributed by atoms with Crippen LogP contribution in [0.15, 0.2) is 36.4 Å². The molecule has 0 aliphatic carbocycles. The highest BCUT2D eigenvalue weighted by Gasteiger charge is 2.29. The molecule has 0 bridgehead atoms. The maximum absolute atomic E-state index is 12.7. The van der Waals surface area contributed by atoms with Crippen molar-refractivity contribution in [3.63, 3.8) is 0 Å². The standard InChI is InChI=1S/C24H28N6O2/c1-15-12-16(2)28-24(27-15)26-10-8-22(31)30-11-9-17(14-30)21-13-19(23(32)25-3)18-6-4-5-7-20(18)29-21/h4-7,12-13,17H,8-11,14H2,1-3H3,(H,25,32)(H,26,27,28)/t17-/m0/s1. The van der Waals surface area contributed by atoms with Crippen molar-refractivity contribution in [2.75, 3.05) is 32.0 Å². The van der Waals surface area contributed by atoms with E-state index in [1.54, 1.807) is 7.05 Å². The predicted molar refractivity (Wildman–Crippen MR) is 124 cm³/mol. The number of hydrogen-bond acceptors (Lipinski definition) is 6. The van der Waals surface area contributed by atoms with E-state index in [9.17, 15) is 9.59 Å². The first-order valence-corrected chi connectivity index (χ1v) is 10.9. The molecule has 2 aromatic heterocycles. The monoisotopic (exact) mass is 432 g/mol. The zero-order valence-electron chi connectivity index (χ0n) is 18.7. The molecule has 1 aliphatic rings. The van der Waals surface area contributed by atoms with Crippen LogP contribution >= 0.6 is 0 Å². The third-order valence-corrected chi connectivity index (χ3v) is 5.77. The third-order valence-electron chi connectivity index (χ3n) is 5.77. The van der Waals surface area contributed by atoms with Gasteiger partial charge in [0.2, 0.25) is 11.9 Å². The van der Waals surface area contributed by atoms with E-state index >= 15 is 0 Å². The number of amides is 2. The van der Waals surface area contributed by atoms with Crippen molar-refractivity contribution >= 4 is 28.7 Å². The van der Waals surface area contributed by atoms with E-state index in [2.05, 4.69) is 20.6 Å². The quantitative estimate of drug-likeness (QED) is 0.621. The molecule has 1 saturated heterocycles. The molecule has 8 heteroatoms. The summed E-state index contributed by atoms with van der Waals surface area (Å²) in [6, 6.07) is 11.4. The van der Waals surface area contributed by atoms with Gasteiger partial charge in [0, 0.05) is 61.5 Å². The summed E-state index contributed by atoms with van der Waals surface area (Å²) >= 11 is 0. The summed E-state index contributed by atoms with van der Waals surface area (Å²) < 4.78 is 0. The number of carbonyl (C=O) groups excluding carboxylic acids is 2. The molecule has 3 aromatic rings. The molecule has 3 heterocycles. The summed E-state index contributed by atoms with van der Waals surface area (Å²) in [7, 11) is 1.63. The summed E-state index contributed by atoms with van der Waals surface area (Å²) in [6.07, 6.45) is 1.20. The van der Waals surface area contributed by atoms with E-state index < -0.39 is 0 Å². The first-order chi connectivity index (χ1) is 15.4. The number of nitrogens with one attached hydrogen (secondary N) is 2. The third kappa shape index (κ3) is 4.69. The average molecular weight is 433 g/mol.